The SMILES string of the molecule is CCOC(=O)c1cc(I)c([N+](=O)[O-])c(OC(F)(F)F)n1. The van der Waals surface area contributed by atoms with Gasteiger partial charge >= 0.3 is 23.9 Å². The molecule has 0 aliphatic heterocycles. The summed E-state index contributed by atoms with van der Waals surface area (Å²) in [6, 6.07) is 0.944. The first kappa shape index (κ1) is 16.4. The molecule has 0 atom stereocenters. The van der Waals surface area contributed by atoms with E-state index in [-0.39, 0.29) is 10.2 Å². The summed E-state index contributed by atoms with van der Waals surface area (Å²) in [5.41, 5.74) is -1.49. The average Bonchev–Trinajstić information content (AvgIpc) is 2.25. The predicted octanol–water partition coefficient (Wildman–Crippen LogP) is 2.67. The summed E-state index contributed by atoms with van der Waals surface area (Å²) in [6.07, 6.45) is -5.17. The highest BCUT2D eigenvalue weighted by molar-refractivity contribution is 14.1. The van der Waals surface area contributed by atoms with Gasteiger partial charge in [-0.2, -0.15) is 4.98 Å². The Bertz CT molecular complexity index is 549. The van der Waals surface area contributed by atoms with Crippen LogP contribution in [-0.4, -0.2) is 28.8 Å². The average molecular weight is 406 g/mol. The Balaban J connectivity index is 3.35. The van der Waals surface area contributed by atoms with Crippen molar-refractivity contribution in [2.75, 3.05) is 6.61 Å². The van der Waals surface area contributed by atoms with Gasteiger partial charge in [-0.3, -0.25) is 10.1 Å². The van der Waals surface area contributed by atoms with E-state index in [1.165, 1.54) is 29.5 Å². The van der Waals surface area contributed by atoms with Crippen LogP contribution in [0.15, 0.2) is 6.07 Å². The highest BCUT2D eigenvalue weighted by atomic mass is 127. The van der Waals surface area contributed by atoms with Gasteiger partial charge in [0.2, 0.25) is 0 Å². The van der Waals surface area contributed by atoms with Gasteiger partial charge in [-0.25, -0.2) is 4.79 Å². The van der Waals surface area contributed by atoms with Crippen LogP contribution in [0, 0.1) is 13.7 Å². The van der Waals surface area contributed by atoms with Crippen molar-refractivity contribution in [2.24, 2.45) is 0 Å². The first-order chi connectivity index (χ1) is 9.15. The highest BCUT2D eigenvalue weighted by Gasteiger charge is 2.37. The van der Waals surface area contributed by atoms with Gasteiger partial charge in [-0.1, -0.05) is 0 Å². The van der Waals surface area contributed by atoms with Gasteiger partial charge in [0.15, 0.2) is 5.69 Å². The zero-order chi connectivity index (χ0) is 15.5. The minimum absolute atomic E-state index is 0.0243. The first-order valence-corrected chi connectivity index (χ1v) is 6.01. The molecule has 0 amide bonds. The minimum Gasteiger partial charge on any atom is -0.461 e. The molecule has 11 heteroatoms. The lowest BCUT2D eigenvalue weighted by Gasteiger charge is -2.10. The first-order valence-electron chi connectivity index (χ1n) is 4.93. The number of nitro groups is 1. The molecular weight excluding hydrogens is 400 g/mol. The second kappa shape index (κ2) is 6.19. The number of hydrogen-bond donors (Lipinski definition) is 0. The number of halogens is 4. The fraction of sp³-hybridized carbons (Fsp3) is 0.333. The molecule has 20 heavy (non-hydrogen) atoms. The molecule has 1 heterocycles. The van der Waals surface area contributed by atoms with Crippen molar-refractivity contribution in [3.63, 3.8) is 0 Å². The third-order valence-electron chi connectivity index (χ3n) is 1.79. The Hall–Kier alpha value is -1.66. The molecule has 0 radical (unpaired) electrons. The van der Waals surface area contributed by atoms with Crippen LogP contribution in [0.3, 0.4) is 0 Å². The van der Waals surface area contributed by atoms with E-state index in [0.717, 1.165) is 6.07 Å². The molecule has 1 aromatic rings. The molecule has 0 spiro atoms. The number of ether oxygens (including phenoxy) is 2. The smallest absolute Gasteiger partial charge is 0.461 e. The molecule has 110 valence electrons. The standard InChI is InChI=1S/C9H6F3IN2O5/c1-2-19-8(16)5-3-4(13)6(15(17)18)7(14-5)20-9(10,11)12/h3H,2H2,1H3. The van der Waals surface area contributed by atoms with Gasteiger partial charge in [-0.05, 0) is 35.6 Å². The van der Waals surface area contributed by atoms with Crippen molar-refractivity contribution < 1.29 is 32.4 Å². The fourth-order valence-corrected chi connectivity index (χ4v) is 1.86. The third kappa shape index (κ3) is 4.18. The van der Waals surface area contributed by atoms with Gasteiger partial charge in [0.25, 0.3) is 0 Å². The van der Waals surface area contributed by atoms with E-state index in [2.05, 4.69) is 14.5 Å². The van der Waals surface area contributed by atoms with Crippen molar-refractivity contribution in [2.45, 2.75) is 13.3 Å². The third-order valence-corrected chi connectivity index (χ3v) is 2.62. The van der Waals surface area contributed by atoms with Crippen LogP contribution in [0.2, 0.25) is 0 Å². The molecule has 0 fully saturated rings. The summed E-state index contributed by atoms with van der Waals surface area (Å²) in [5.74, 6) is -2.32. The number of esters is 1. The molecule has 0 aliphatic carbocycles. The lowest BCUT2D eigenvalue weighted by atomic mass is 10.3. The number of alkyl halides is 3. The maximum Gasteiger partial charge on any atom is 0.574 e. The fourth-order valence-electron chi connectivity index (χ4n) is 1.14. The normalized spacial score (nSPS) is 11.1. The summed E-state index contributed by atoms with van der Waals surface area (Å²) in [4.78, 5) is 24.3. The molecule has 1 aromatic heterocycles. The molecule has 0 N–H and O–H groups in total. The van der Waals surface area contributed by atoms with E-state index in [0.29, 0.717) is 0 Å². The monoisotopic (exact) mass is 406 g/mol. The van der Waals surface area contributed by atoms with Crippen LogP contribution in [-0.2, 0) is 4.74 Å². The number of pyridine rings is 1. The van der Waals surface area contributed by atoms with E-state index in [4.69, 9.17) is 0 Å². The Morgan fingerprint density at radius 2 is 2.15 bits per heavy atom. The van der Waals surface area contributed by atoms with Crippen molar-refractivity contribution in [3.8, 4) is 5.88 Å². The highest BCUT2D eigenvalue weighted by Crippen LogP contribution is 2.34. The lowest BCUT2D eigenvalue weighted by molar-refractivity contribution is -0.390. The number of carbonyl (C=O) groups excluding carboxylic acids is 1. The zero-order valence-electron chi connectivity index (χ0n) is 9.73. The molecule has 7 nitrogen and oxygen atoms in total. The number of rotatable bonds is 4. The number of aromatic nitrogens is 1. The molecule has 0 unspecified atom stereocenters. The summed E-state index contributed by atoms with van der Waals surface area (Å²) in [6.45, 7) is 1.46. The van der Waals surface area contributed by atoms with Crippen LogP contribution in [0.1, 0.15) is 17.4 Å². The van der Waals surface area contributed by atoms with E-state index in [1.54, 1.807) is 0 Å². The van der Waals surface area contributed by atoms with Crippen molar-refractivity contribution in [1.29, 1.82) is 0 Å². The quantitative estimate of drug-likeness (QED) is 0.331. The second-order valence-electron chi connectivity index (χ2n) is 3.17. The Labute approximate surface area is 123 Å². The zero-order valence-corrected chi connectivity index (χ0v) is 11.9. The maximum absolute atomic E-state index is 12.2. The largest absolute Gasteiger partial charge is 0.574 e. The van der Waals surface area contributed by atoms with E-state index in [9.17, 15) is 28.1 Å². The van der Waals surface area contributed by atoms with E-state index < -0.39 is 34.5 Å². The topological polar surface area (TPSA) is 91.6 Å². The van der Waals surface area contributed by atoms with Gasteiger partial charge in [-0.15, -0.1) is 13.2 Å². The number of carbonyl (C=O) groups is 1. The van der Waals surface area contributed by atoms with Crippen molar-refractivity contribution in [1.82, 2.24) is 4.98 Å². The van der Waals surface area contributed by atoms with Crippen LogP contribution < -0.4 is 4.74 Å². The molecule has 0 aliphatic rings. The van der Waals surface area contributed by atoms with Crippen LogP contribution in [0.4, 0.5) is 18.9 Å². The van der Waals surface area contributed by atoms with Crippen LogP contribution >= 0.6 is 22.6 Å². The van der Waals surface area contributed by atoms with Gasteiger partial charge in [0.05, 0.1) is 15.1 Å². The summed E-state index contributed by atoms with van der Waals surface area (Å²) < 4.78 is 44.4. The minimum atomic E-state index is -5.17. The Morgan fingerprint density at radius 3 is 2.60 bits per heavy atom. The van der Waals surface area contributed by atoms with Crippen LogP contribution in [0.25, 0.3) is 0 Å². The summed E-state index contributed by atoms with van der Waals surface area (Å²) in [7, 11) is 0. The van der Waals surface area contributed by atoms with Crippen molar-refractivity contribution >= 4 is 34.2 Å². The Morgan fingerprint density at radius 1 is 1.55 bits per heavy atom. The molecule has 0 saturated heterocycles. The molecule has 1 rings (SSSR count). The maximum atomic E-state index is 12.2. The molecule has 0 saturated carbocycles. The van der Waals surface area contributed by atoms with Crippen molar-refractivity contribution in [3.05, 3.63) is 25.4 Å². The molecular formula is C9H6F3IN2O5. The van der Waals surface area contributed by atoms with Crippen LogP contribution in [0.5, 0.6) is 5.88 Å². The molecule has 0 bridgehead atoms. The Kier molecular flexibility index (Phi) is 5.08. The van der Waals surface area contributed by atoms with Gasteiger partial charge in [0, 0.05) is 0 Å². The summed E-state index contributed by atoms with van der Waals surface area (Å²) in [5, 5.41) is 10.7. The molecule has 0 aromatic carbocycles. The predicted molar refractivity (Wildman–Crippen MR) is 66.2 cm³/mol. The van der Waals surface area contributed by atoms with Gasteiger partial charge in [0.1, 0.15) is 0 Å². The van der Waals surface area contributed by atoms with E-state index >= 15 is 0 Å². The lowest BCUT2D eigenvalue weighted by Crippen LogP contribution is -2.20. The second-order valence-corrected chi connectivity index (χ2v) is 4.33. The van der Waals surface area contributed by atoms with Gasteiger partial charge < -0.3 is 9.47 Å². The van der Waals surface area contributed by atoms with E-state index in [1.807, 2.05) is 0 Å². The number of nitrogens with zero attached hydrogens (tertiary/aromatic N) is 2. The summed E-state index contributed by atoms with van der Waals surface area (Å²) >= 11 is 1.40. The number of hydrogen-bond acceptors (Lipinski definition) is 6.